The van der Waals surface area contributed by atoms with Gasteiger partial charge in [-0.25, -0.2) is 0 Å². The maximum atomic E-state index is 12.5. The third-order valence-electron chi connectivity index (χ3n) is 5.18. The van der Waals surface area contributed by atoms with Gasteiger partial charge in [0, 0.05) is 13.0 Å². The minimum absolute atomic E-state index is 0.0244. The van der Waals surface area contributed by atoms with Crippen LogP contribution in [-0.4, -0.2) is 47.1 Å². The van der Waals surface area contributed by atoms with Gasteiger partial charge in [0.25, 0.3) is 17.0 Å². The molecule has 0 spiro atoms. The Morgan fingerprint density at radius 3 is 2.58 bits per heavy atom. The van der Waals surface area contributed by atoms with E-state index in [0.717, 1.165) is 0 Å². The number of H-pyrrole nitrogens is 2. The van der Waals surface area contributed by atoms with Gasteiger partial charge >= 0.3 is 0 Å². The Bertz CT molecular complexity index is 1360. The Kier molecular flexibility index (Phi) is 5.94. The number of carbonyl (C=O) groups excluding carboxylic acids is 3. The Morgan fingerprint density at radius 1 is 1.00 bits per heavy atom. The highest BCUT2D eigenvalue weighted by molar-refractivity contribution is 6.03. The van der Waals surface area contributed by atoms with E-state index in [-0.39, 0.29) is 41.9 Å². The Hall–Kier alpha value is -4.41. The lowest BCUT2D eigenvalue weighted by atomic mass is 10.1. The van der Waals surface area contributed by atoms with Gasteiger partial charge in [-0.3, -0.25) is 34.2 Å². The first-order valence-electron chi connectivity index (χ1n) is 10.2. The maximum absolute atomic E-state index is 12.5. The normalized spacial score (nSPS) is 15.0. The summed E-state index contributed by atoms with van der Waals surface area (Å²) in [5.74, 6) is -0.692. The second-order valence-electron chi connectivity index (χ2n) is 7.43. The van der Waals surface area contributed by atoms with E-state index in [0.29, 0.717) is 11.4 Å². The molecule has 0 saturated carbocycles. The fourth-order valence-electron chi connectivity index (χ4n) is 3.60. The zero-order valence-corrected chi connectivity index (χ0v) is 17.6. The molecule has 1 aliphatic rings. The lowest BCUT2D eigenvalue weighted by Crippen LogP contribution is -2.46. The Morgan fingerprint density at radius 2 is 1.76 bits per heavy atom. The zero-order valence-electron chi connectivity index (χ0n) is 17.6. The lowest BCUT2D eigenvalue weighted by molar-refractivity contribution is -0.126. The molecular weight excluding hydrogens is 430 g/mol. The summed E-state index contributed by atoms with van der Waals surface area (Å²) >= 11 is 0. The van der Waals surface area contributed by atoms with Crippen LogP contribution in [0.25, 0.3) is 10.8 Å². The van der Waals surface area contributed by atoms with Crippen molar-refractivity contribution in [3.63, 3.8) is 0 Å². The molecule has 0 bridgehead atoms. The van der Waals surface area contributed by atoms with Crippen LogP contribution in [0.15, 0.2) is 52.1 Å². The van der Waals surface area contributed by atoms with Crippen molar-refractivity contribution in [1.29, 1.82) is 0 Å². The van der Waals surface area contributed by atoms with Gasteiger partial charge in [-0.15, -0.1) is 0 Å². The molecule has 0 saturated heterocycles. The van der Waals surface area contributed by atoms with Gasteiger partial charge in [0.15, 0.2) is 6.10 Å². The molecule has 170 valence electrons. The first-order valence-corrected chi connectivity index (χ1v) is 10.2. The van der Waals surface area contributed by atoms with Crippen molar-refractivity contribution < 1.29 is 19.1 Å². The fourth-order valence-corrected chi connectivity index (χ4v) is 3.60. The van der Waals surface area contributed by atoms with Crippen LogP contribution >= 0.6 is 0 Å². The number of aromatic nitrogens is 2. The van der Waals surface area contributed by atoms with Crippen LogP contribution in [-0.2, 0) is 14.4 Å². The zero-order chi connectivity index (χ0) is 23.5. The first-order chi connectivity index (χ1) is 15.8. The van der Waals surface area contributed by atoms with Crippen molar-refractivity contribution in [2.45, 2.75) is 19.4 Å². The SMILES string of the molecule is CC1Oc2ccccc2N(CCC(=O)NCC(=O)Nc2cccc3c(=O)[nH][nH]c(=O)c23)C1=O. The van der Waals surface area contributed by atoms with Crippen molar-refractivity contribution >= 4 is 39.9 Å². The van der Waals surface area contributed by atoms with E-state index in [4.69, 9.17) is 4.74 Å². The van der Waals surface area contributed by atoms with Crippen LogP contribution in [0.5, 0.6) is 5.75 Å². The first kappa shape index (κ1) is 21.8. The summed E-state index contributed by atoms with van der Waals surface area (Å²) in [6, 6.07) is 11.5. The van der Waals surface area contributed by atoms with Gasteiger partial charge < -0.3 is 20.3 Å². The Balaban J connectivity index is 1.36. The summed E-state index contributed by atoms with van der Waals surface area (Å²) in [6.45, 7) is 1.42. The standard InChI is InChI=1S/C22H21N5O6/c1-12-22(32)27(15-7-2-3-8-16(15)33-12)10-9-17(28)23-11-18(29)24-14-6-4-5-13-19(14)21(31)26-25-20(13)30/h2-8,12H,9-11H2,1H3,(H,23,28)(H,24,29)(H,25,30)(H,26,31). The number of hydrogen-bond donors (Lipinski definition) is 4. The number of amides is 3. The van der Waals surface area contributed by atoms with E-state index in [1.165, 1.54) is 23.1 Å². The second-order valence-corrected chi connectivity index (χ2v) is 7.43. The predicted molar refractivity (Wildman–Crippen MR) is 120 cm³/mol. The van der Waals surface area contributed by atoms with Crippen molar-refractivity contribution in [3.05, 3.63) is 63.2 Å². The average molecular weight is 451 g/mol. The van der Waals surface area contributed by atoms with Crippen LogP contribution in [0.4, 0.5) is 11.4 Å². The van der Waals surface area contributed by atoms with Crippen LogP contribution in [0.2, 0.25) is 0 Å². The molecule has 1 aliphatic heterocycles. The molecule has 3 aromatic rings. The molecule has 0 radical (unpaired) electrons. The molecule has 1 aromatic heterocycles. The highest BCUT2D eigenvalue weighted by Gasteiger charge is 2.31. The average Bonchev–Trinajstić information content (AvgIpc) is 2.80. The largest absolute Gasteiger partial charge is 0.479 e. The molecule has 0 aliphatic carbocycles. The van der Waals surface area contributed by atoms with Gasteiger partial charge in [-0.05, 0) is 31.2 Å². The monoisotopic (exact) mass is 451 g/mol. The topological polar surface area (TPSA) is 153 Å². The number of rotatable bonds is 6. The number of fused-ring (bicyclic) bond motifs is 2. The van der Waals surface area contributed by atoms with E-state index in [2.05, 4.69) is 20.8 Å². The summed E-state index contributed by atoms with van der Waals surface area (Å²) < 4.78 is 5.57. The molecule has 4 rings (SSSR count). The molecule has 1 unspecified atom stereocenters. The van der Waals surface area contributed by atoms with Crippen molar-refractivity contribution in [1.82, 2.24) is 15.5 Å². The van der Waals surface area contributed by atoms with Gasteiger partial charge in [0.1, 0.15) is 5.75 Å². The molecule has 1 atom stereocenters. The predicted octanol–water partition coefficient (Wildman–Crippen LogP) is 0.475. The van der Waals surface area contributed by atoms with Crippen molar-refractivity contribution in [2.24, 2.45) is 0 Å². The summed E-state index contributed by atoms with van der Waals surface area (Å²) in [5.41, 5.74) is -0.317. The summed E-state index contributed by atoms with van der Waals surface area (Å²) in [7, 11) is 0. The highest BCUT2D eigenvalue weighted by atomic mass is 16.5. The smallest absolute Gasteiger partial charge is 0.272 e. The van der Waals surface area contributed by atoms with E-state index >= 15 is 0 Å². The van der Waals surface area contributed by atoms with E-state index in [9.17, 15) is 24.0 Å². The number of hydrogen-bond acceptors (Lipinski definition) is 6. The molecule has 2 heterocycles. The number of carbonyl (C=O) groups is 3. The van der Waals surface area contributed by atoms with Gasteiger partial charge in [0.2, 0.25) is 11.8 Å². The van der Waals surface area contributed by atoms with E-state index in [1.54, 1.807) is 31.2 Å². The third kappa shape index (κ3) is 4.47. The number of ether oxygens (including phenoxy) is 1. The fraction of sp³-hybridized carbons (Fsp3) is 0.227. The highest BCUT2D eigenvalue weighted by Crippen LogP contribution is 2.33. The number of aromatic amines is 2. The third-order valence-corrected chi connectivity index (χ3v) is 5.18. The molecule has 2 aromatic carbocycles. The van der Waals surface area contributed by atoms with E-state index in [1.807, 2.05) is 0 Å². The minimum atomic E-state index is -0.662. The van der Waals surface area contributed by atoms with Crippen molar-refractivity contribution in [2.75, 3.05) is 23.3 Å². The van der Waals surface area contributed by atoms with Crippen LogP contribution < -0.4 is 31.4 Å². The molecule has 3 amide bonds. The van der Waals surface area contributed by atoms with Crippen molar-refractivity contribution in [3.8, 4) is 5.75 Å². The van der Waals surface area contributed by atoms with E-state index < -0.39 is 29.0 Å². The number of benzene rings is 2. The number of anilines is 2. The number of nitrogens with zero attached hydrogens (tertiary/aromatic N) is 1. The molecule has 4 N–H and O–H groups in total. The van der Waals surface area contributed by atoms with Gasteiger partial charge in [-0.2, -0.15) is 0 Å². The van der Waals surface area contributed by atoms with Gasteiger partial charge in [0.05, 0.1) is 28.7 Å². The van der Waals surface area contributed by atoms with Crippen LogP contribution in [0.3, 0.4) is 0 Å². The lowest BCUT2D eigenvalue weighted by Gasteiger charge is -2.32. The molecule has 11 nitrogen and oxygen atoms in total. The molecule has 11 heteroatoms. The number of para-hydroxylation sites is 2. The Labute approximate surface area is 186 Å². The second kappa shape index (κ2) is 8.99. The number of nitrogens with one attached hydrogen (secondary N) is 4. The molecule has 33 heavy (non-hydrogen) atoms. The molecular formula is C22H21N5O6. The summed E-state index contributed by atoms with van der Waals surface area (Å²) in [6.07, 6.45) is -0.687. The van der Waals surface area contributed by atoms with Crippen LogP contribution in [0.1, 0.15) is 13.3 Å². The van der Waals surface area contributed by atoms with Crippen LogP contribution in [0, 0.1) is 0 Å². The van der Waals surface area contributed by atoms with Gasteiger partial charge in [-0.1, -0.05) is 18.2 Å². The quantitative estimate of drug-likeness (QED) is 0.427. The minimum Gasteiger partial charge on any atom is -0.479 e. The summed E-state index contributed by atoms with van der Waals surface area (Å²) in [5, 5.41) is 9.63. The molecule has 0 fully saturated rings. The summed E-state index contributed by atoms with van der Waals surface area (Å²) in [4.78, 5) is 62.5. The maximum Gasteiger partial charge on any atom is 0.272 e.